The Hall–Kier alpha value is -0.740. The second-order valence-corrected chi connectivity index (χ2v) is 6.29. The molecule has 1 aromatic rings. The minimum Gasteiger partial charge on any atom is -0.308 e. The standard InChI is InChI=1S/C13H18FNOS/c1-9(2)15-12-4-3-7-17(16)13-6-5-10(14)8-11(12)13/h5-6,8-9,12,15H,3-4,7H2,1-2H3. The summed E-state index contributed by atoms with van der Waals surface area (Å²) in [6, 6.07) is 5.04. The van der Waals surface area contributed by atoms with E-state index < -0.39 is 10.8 Å². The molecule has 2 nitrogen and oxygen atoms in total. The molecule has 0 saturated heterocycles. The monoisotopic (exact) mass is 255 g/mol. The van der Waals surface area contributed by atoms with Gasteiger partial charge >= 0.3 is 0 Å². The van der Waals surface area contributed by atoms with Gasteiger partial charge in [0.25, 0.3) is 0 Å². The number of fused-ring (bicyclic) bond motifs is 1. The van der Waals surface area contributed by atoms with Crippen LogP contribution in [0, 0.1) is 5.82 Å². The van der Waals surface area contributed by atoms with Crippen molar-refractivity contribution in [3.05, 3.63) is 29.6 Å². The molecular formula is C13H18FNOS. The number of nitrogens with one attached hydrogen (secondary N) is 1. The molecule has 2 atom stereocenters. The predicted molar refractivity (Wildman–Crippen MR) is 67.9 cm³/mol. The lowest BCUT2D eigenvalue weighted by Gasteiger charge is -2.21. The van der Waals surface area contributed by atoms with Gasteiger partial charge in [0.2, 0.25) is 0 Å². The molecule has 2 rings (SSSR count). The third kappa shape index (κ3) is 2.93. The van der Waals surface area contributed by atoms with E-state index in [1.807, 2.05) is 0 Å². The highest BCUT2D eigenvalue weighted by Crippen LogP contribution is 2.30. The van der Waals surface area contributed by atoms with Gasteiger partial charge in [-0.2, -0.15) is 0 Å². The summed E-state index contributed by atoms with van der Waals surface area (Å²) in [5.74, 6) is 0.424. The first-order valence-electron chi connectivity index (χ1n) is 6.02. The van der Waals surface area contributed by atoms with Crippen molar-refractivity contribution < 1.29 is 8.60 Å². The van der Waals surface area contributed by atoms with Gasteiger partial charge < -0.3 is 5.32 Å². The lowest BCUT2D eigenvalue weighted by Crippen LogP contribution is -2.28. The van der Waals surface area contributed by atoms with Gasteiger partial charge in [0.15, 0.2) is 0 Å². The zero-order valence-electron chi connectivity index (χ0n) is 10.2. The number of halogens is 1. The third-order valence-electron chi connectivity index (χ3n) is 2.95. The first kappa shape index (κ1) is 12.7. The SMILES string of the molecule is CC(C)NC1CCCS(=O)c2ccc(F)cc21. The molecule has 17 heavy (non-hydrogen) atoms. The Morgan fingerprint density at radius 2 is 2.24 bits per heavy atom. The van der Waals surface area contributed by atoms with Gasteiger partial charge in [0.05, 0.1) is 10.8 Å². The summed E-state index contributed by atoms with van der Waals surface area (Å²) < 4.78 is 25.3. The van der Waals surface area contributed by atoms with E-state index in [9.17, 15) is 8.60 Å². The van der Waals surface area contributed by atoms with Crippen LogP contribution >= 0.6 is 0 Å². The minimum atomic E-state index is -0.983. The van der Waals surface area contributed by atoms with Gasteiger partial charge in [0, 0.05) is 22.7 Å². The van der Waals surface area contributed by atoms with Gasteiger partial charge in [0.1, 0.15) is 5.82 Å². The number of hydrogen-bond acceptors (Lipinski definition) is 2. The van der Waals surface area contributed by atoms with E-state index in [1.165, 1.54) is 12.1 Å². The van der Waals surface area contributed by atoms with E-state index in [1.54, 1.807) is 6.07 Å². The van der Waals surface area contributed by atoms with Crippen molar-refractivity contribution in [3.63, 3.8) is 0 Å². The molecule has 0 amide bonds. The largest absolute Gasteiger partial charge is 0.308 e. The molecule has 1 N–H and O–H groups in total. The van der Waals surface area contributed by atoms with E-state index >= 15 is 0 Å². The zero-order valence-corrected chi connectivity index (χ0v) is 11.0. The Bertz CT molecular complexity index is 433. The van der Waals surface area contributed by atoms with E-state index in [0.29, 0.717) is 11.8 Å². The third-order valence-corrected chi connectivity index (χ3v) is 4.47. The topological polar surface area (TPSA) is 29.1 Å². The van der Waals surface area contributed by atoms with Crippen LogP contribution in [-0.2, 0) is 10.8 Å². The quantitative estimate of drug-likeness (QED) is 0.880. The maximum atomic E-state index is 13.3. The molecule has 0 aromatic heterocycles. The van der Waals surface area contributed by atoms with Crippen LogP contribution in [0.2, 0.25) is 0 Å². The van der Waals surface area contributed by atoms with Crippen molar-refractivity contribution in [2.75, 3.05) is 5.75 Å². The fraction of sp³-hybridized carbons (Fsp3) is 0.538. The van der Waals surface area contributed by atoms with E-state index in [-0.39, 0.29) is 11.9 Å². The van der Waals surface area contributed by atoms with Crippen molar-refractivity contribution in [2.45, 2.75) is 43.7 Å². The molecule has 0 bridgehead atoms. The highest BCUT2D eigenvalue weighted by molar-refractivity contribution is 7.85. The number of hydrogen-bond donors (Lipinski definition) is 1. The Kier molecular flexibility index (Phi) is 3.94. The summed E-state index contributed by atoms with van der Waals surface area (Å²) in [5.41, 5.74) is 0.870. The summed E-state index contributed by atoms with van der Waals surface area (Å²) in [4.78, 5) is 0.794. The van der Waals surface area contributed by atoms with Crippen molar-refractivity contribution in [1.29, 1.82) is 0 Å². The summed E-state index contributed by atoms with van der Waals surface area (Å²) in [6.45, 7) is 4.14. The molecule has 1 aliphatic rings. The van der Waals surface area contributed by atoms with Gasteiger partial charge in [-0.25, -0.2) is 4.39 Å². The fourth-order valence-electron chi connectivity index (χ4n) is 2.26. The second-order valence-electron chi connectivity index (χ2n) is 4.75. The molecule has 0 spiro atoms. The Labute approximate surface area is 104 Å². The van der Waals surface area contributed by atoms with E-state index in [4.69, 9.17) is 0 Å². The van der Waals surface area contributed by atoms with Gasteiger partial charge in [-0.1, -0.05) is 13.8 Å². The molecule has 0 aliphatic carbocycles. The van der Waals surface area contributed by atoms with Gasteiger partial charge in [-0.05, 0) is 36.6 Å². The highest BCUT2D eigenvalue weighted by Gasteiger charge is 2.23. The Balaban J connectivity index is 2.41. The second kappa shape index (κ2) is 5.27. The summed E-state index contributed by atoms with van der Waals surface area (Å²) >= 11 is 0. The summed E-state index contributed by atoms with van der Waals surface area (Å²) in [6.07, 6.45) is 1.83. The molecule has 1 heterocycles. The molecule has 0 fully saturated rings. The molecular weight excluding hydrogens is 237 g/mol. The average Bonchev–Trinajstić information content (AvgIpc) is 2.39. The van der Waals surface area contributed by atoms with Crippen molar-refractivity contribution in [2.24, 2.45) is 0 Å². The molecule has 1 aliphatic heterocycles. The lowest BCUT2D eigenvalue weighted by atomic mass is 10.0. The van der Waals surface area contributed by atoms with Crippen molar-refractivity contribution in [3.8, 4) is 0 Å². The van der Waals surface area contributed by atoms with Crippen LogP contribution in [-0.4, -0.2) is 16.0 Å². The van der Waals surface area contributed by atoms with Crippen molar-refractivity contribution in [1.82, 2.24) is 5.32 Å². The number of rotatable bonds is 2. The summed E-state index contributed by atoms with van der Waals surface area (Å²) in [5, 5.41) is 3.42. The molecule has 2 unspecified atom stereocenters. The predicted octanol–water partition coefficient (Wildman–Crippen LogP) is 2.77. The molecule has 4 heteroatoms. The Morgan fingerprint density at radius 3 is 2.94 bits per heavy atom. The highest BCUT2D eigenvalue weighted by atomic mass is 32.2. The maximum absolute atomic E-state index is 13.3. The molecule has 1 aromatic carbocycles. The first-order chi connectivity index (χ1) is 8.08. The lowest BCUT2D eigenvalue weighted by molar-refractivity contribution is 0.445. The van der Waals surface area contributed by atoms with E-state index in [0.717, 1.165) is 23.3 Å². The molecule has 0 radical (unpaired) electrons. The van der Waals surface area contributed by atoms with Gasteiger partial charge in [-0.3, -0.25) is 4.21 Å². The van der Waals surface area contributed by atoms with Crippen LogP contribution in [0.1, 0.15) is 38.3 Å². The zero-order chi connectivity index (χ0) is 12.4. The molecule has 94 valence electrons. The van der Waals surface area contributed by atoms with Crippen LogP contribution < -0.4 is 5.32 Å². The van der Waals surface area contributed by atoms with Gasteiger partial charge in [-0.15, -0.1) is 0 Å². The Morgan fingerprint density at radius 1 is 1.47 bits per heavy atom. The normalized spacial score (nSPS) is 24.5. The van der Waals surface area contributed by atoms with Crippen LogP contribution in [0.4, 0.5) is 4.39 Å². The van der Waals surface area contributed by atoms with E-state index in [2.05, 4.69) is 19.2 Å². The van der Waals surface area contributed by atoms with Crippen LogP contribution in [0.5, 0.6) is 0 Å². The van der Waals surface area contributed by atoms with Crippen LogP contribution in [0.15, 0.2) is 23.1 Å². The number of benzene rings is 1. The van der Waals surface area contributed by atoms with Crippen LogP contribution in [0.25, 0.3) is 0 Å². The minimum absolute atomic E-state index is 0.118. The molecule has 0 saturated carbocycles. The summed E-state index contributed by atoms with van der Waals surface area (Å²) in [7, 11) is -0.983. The maximum Gasteiger partial charge on any atom is 0.123 e. The smallest absolute Gasteiger partial charge is 0.123 e. The average molecular weight is 255 g/mol. The van der Waals surface area contributed by atoms with Crippen LogP contribution in [0.3, 0.4) is 0 Å². The first-order valence-corrected chi connectivity index (χ1v) is 7.33. The fourth-order valence-corrected chi connectivity index (χ4v) is 3.59. The van der Waals surface area contributed by atoms with Crippen molar-refractivity contribution >= 4 is 10.8 Å².